The van der Waals surface area contributed by atoms with Crippen molar-refractivity contribution >= 4 is 67.6 Å². The third-order valence-corrected chi connectivity index (χ3v) is 5.79. The van der Waals surface area contributed by atoms with Crippen LogP contribution in [-0.4, -0.2) is 4.98 Å². The van der Waals surface area contributed by atoms with E-state index in [-0.39, 0.29) is 5.56 Å². The number of benzene rings is 4. The van der Waals surface area contributed by atoms with Crippen LogP contribution in [0.5, 0.6) is 0 Å². The van der Waals surface area contributed by atoms with Crippen molar-refractivity contribution in [3.05, 3.63) is 105 Å². The van der Waals surface area contributed by atoms with Crippen LogP contribution in [0, 0.1) is 0 Å². The number of rotatable bonds is 4. The Morgan fingerprint density at radius 1 is 0.613 bits per heavy atom. The summed E-state index contributed by atoms with van der Waals surface area (Å²) < 4.78 is 0. The van der Waals surface area contributed by atoms with Crippen LogP contribution in [0.3, 0.4) is 0 Å². The van der Waals surface area contributed by atoms with E-state index in [1.54, 1.807) is 0 Å². The number of para-hydroxylation sites is 2. The molecule has 31 heavy (non-hydrogen) atoms. The minimum Gasteiger partial charge on any atom is -0.354 e. The van der Waals surface area contributed by atoms with Crippen molar-refractivity contribution in [2.75, 3.05) is 10.6 Å². The van der Waals surface area contributed by atoms with E-state index < -0.39 is 0 Å². The number of fused-ring (bicyclic) bond motifs is 3. The summed E-state index contributed by atoms with van der Waals surface area (Å²) in [4.78, 5) is 15.6. The molecule has 0 aliphatic carbocycles. The summed E-state index contributed by atoms with van der Waals surface area (Å²) in [5, 5.41) is 10.3. The highest BCUT2D eigenvalue weighted by atomic mass is 35.5. The summed E-state index contributed by atoms with van der Waals surface area (Å²) in [7, 11) is 0. The number of nitrogens with one attached hydrogen (secondary N) is 3. The van der Waals surface area contributed by atoms with Gasteiger partial charge in [-0.2, -0.15) is 0 Å². The van der Waals surface area contributed by atoms with E-state index in [0.29, 0.717) is 15.4 Å². The lowest BCUT2D eigenvalue weighted by atomic mass is 10.0. The van der Waals surface area contributed by atoms with Crippen LogP contribution in [0.1, 0.15) is 0 Å². The van der Waals surface area contributed by atoms with Crippen molar-refractivity contribution in [1.29, 1.82) is 0 Å². The van der Waals surface area contributed by atoms with Gasteiger partial charge in [0.05, 0.1) is 21.4 Å². The van der Waals surface area contributed by atoms with Gasteiger partial charge in [0.2, 0.25) is 0 Å². The highest BCUT2D eigenvalue weighted by Gasteiger charge is 2.09. The maximum atomic E-state index is 12.6. The molecule has 152 valence electrons. The van der Waals surface area contributed by atoms with Gasteiger partial charge in [-0.3, -0.25) is 4.79 Å². The van der Waals surface area contributed by atoms with Gasteiger partial charge in [-0.05, 0) is 66.0 Å². The zero-order valence-corrected chi connectivity index (χ0v) is 17.8. The second-order valence-corrected chi connectivity index (χ2v) is 8.00. The van der Waals surface area contributed by atoms with Gasteiger partial charge in [0.1, 0.15) is 0 Å². The molecule has 0 atom stereocenters. The van der Waals surface area contributed by atoms with Crippen molar-refractivity contribution < 1.29 is 0 Å². The molecule has 3 N–H and O–H groups in total. The molecule has 0 saturated heterocycles. The predicted molar refractivity (Wildman–Crippen MR) is 132 cm³/mol. The summed E-state index contributed by atoms with van der Waals surface area (Å²) in [6, 6.07) is 26.6. The molecular weight excluding hydrogens is 429 g/mol. The maximum absolute atomic E-state index is 12.6. The molecule has 0 unspecified atom stereocenters. The molecule has 4 aromatic carbocycles. The minimum absolute atomic E-state index is 0.126. The monoisotopic (exact) mass is 445 g/mol. The molecule has 0 fully saturated rings. The quantitative estimate of drug-likeness (QED) is 0.251. The number of hydrogen-bond donors (Lipinski definition) is 3. The van der Waals surface area contributed by atoms with Gasteiger partial charge < -0.3 is 15.6 Å². The van der Waals surface area contributed by atoms with Crippen molar-refractivity contribution in [3.63, 3.8) is 0 Å². The molecule has 5 aromatic rings. The Morgan fingerprint density at radius 2 is 1.16 bits per heavy atom. The molecule has 1 aromatic heterocycles. The van der Waals surface area contributed by atoms with E-state index in [1.807, 2.05) is 84.9 Å². The van der Waals surface area contributed by atoms with Crippen LogP contribution in [-0.2, 0) is 0 Å². The number of pyridine rings is 1. The lowest BCUT2D eigenvalue weighted by Gasteiger charge is -2.12. The van der Waals surface area contributed by atoms with E-state index in [9.17, 15) is 4.79 Å². The average Bonchev–Trinajstić information content (AvgIpc) is 2.77. The van der Waals surface area contributed by atoms with E-state index in [4.69, 9.17) is 23.2 Å². The number of aromatic nitrogens is 1. The SMILES string of the molecule is O=c1[nH]c2ccc(Nc3ccccc3Cl)cc2c2cc(Nc3ccccc3Cl)ccc12. The normalized spacial score (nSPS) is 11.0. The Balaban J connectivity index is 1.63. The minimum atomic E-state index is -0.126. The highest BCUT2D eigenvalue weighted by molar-refractivity contribution is 6.33. The van der Waals surface area contributed by atoms with Gasteiger partial charge in [0.15, 0.2) is 0 Å². The summed E-state index contributed by atoms with van der Waals surface area (Å²) in [6.45, 7) is 0. The zero-order chi connectivity index (χ0) is 21.4. The van der Waals surface area contributed by atoms with Gasteiger partial charge in [-0.1, -0.05) is 47.5 Å². The first-order chi connectivity index (χ1) is 15.1. The molecule has 1 heterocycles. The van der Waals surface area contributed by atoms with Crippen LogP contribution >= 0.6 is 23.2 Å². The third-order valence-electron chi connectivity index (χ3n) is 5.13. The fourth-order valence-electron chi connectivity index (χ4n) is 3.62. The van der Waals surface area contributed by atoms with Crippen molar-refractivity contribution in [1.82, 2.24) is 4.98 Å². The maximum Gasteiger partial charge on any atom is 0.256 e. The Hall–Kier alpha value is -3.47. The lowest BCUT2D eigenvalue weighted by molar-refractivity contribution is 1.34. The molecule has 0 amide bonds. The Kier molecular flexibility index (Phi) is 5.02. The summed E-state index contributed by atoms with van der Waals surface area (Å²) >= 11 is 12.6. The second kappa shape index (κ2) is 7.99. The van der Waals surface area contributed by atoms with Crippen LogP contribution in [0.4, 0.5) is 22.7 Å². The van der Waals surface area contributed by atoms with Gasteiger partial charge in [0, 0.05) is 27.7 Å². The topological polar surface area (TPSA) is 56.9 Å². The first kappa shape index (κ1) is 19.5. The van der Waals surface area contributed by atoms with Crippen molar-refractivity contribution in [3.8, 4) is 0 Å². The van der Waals surface area contributed by atoms with Crippen molar-refractivity contribution in [2.45, 2.75) is 0 Å². The summed E-state index contributed by atoms with van der Waals surface area (Å²) in [6.07, 6.45) is 0. The molecule has 0 saturated carbocycles. The number of halogens is 2. The molecule has 0 aliphatic rings. The fourth-order valence-corrected chi connectivity index (χ4v) is 3.99. The van der Waals surface area contributed by atoms with Gasteiger partial charge in [-0.25, -0.2) is 0 Å². The zero-order valence-electron chi connectivity index (χ0n) is 16.2. The predicted octanol–water partition coefficient (Wildman–Crippen LogP) is 7.48. The second-order valence-electron chi connectivity index (χ2n) is 7.18. The van der Waals surface area contributed by atoms with Crippen LogP contribution in [0.25, 0.3) is 21.7 Å². The number of aromatic amines is 1. The van der Waals surface area contributed by atoms with Gasteiger partial charge in [-0.15, -0.1) is 0 Å². The molecular formula is C25H17Cl2N3O. The van der Waals surface area contributed by atoms with Gasteiger partial charge >= 0.3 is 0 Å². The Bertz CT molecular complexity index is 1490. The Labute approximate surface area is 188 Å². The molecule has 0 radical (unpaired) electrons. The average molecular weight is 446 g/mol. The van der Waals surface area contributed by atoms with Gasteiger partial charge in [0.25, 0.3) is 5.56 Å². The van der Waals surface area contributed by atoms with Crippen LogP contribution in [0.2, 0.25) is 10.0 Å². The van der Waals surface area contributed by atoms with Crippen LogP contribution < -0.4 is 16.2 Å². The molecule has 5 rings (SSSR count). The highest BCUT2D eigenvalue weighted by Crippen LogP contribution is 2.31. The molecule has 0 aliphatic heterocycles. The van der Waals surface area contributed by atoms with Crippen molar-refractivity contribution in [2.24, 2.45) is 0 Å². The van der Waals surface area contributed by atoms with Crippen LogP contribution in [0.15, 0.2) is 89.7 Å². The summed E-state index contributed by atoms with van der Waals surface area (Å²) in [5.41, 5.74) is 3.98. The number of hydrogen-bond acceptors (Lipinski definition) is 3. The number of H-pyrrole nitrogens is 1. The Morgan fingerprint density at radius 3 is 1.77 bits per heavy atom. The standard InChI is InChI=1S/C25H17Cl2N3O/c26-20-5-1-3-7-23(20)28-15-9-11-17-18(13-15)19-14-16(10-12-22(19)30-25(17)31)29-24-8-4-2-6-21(24)27/h1-14,28-29H,(H,30,31). The summed E-state index contributed by atoms with van der Waals surface area (Å²) in [5.74, 6) is 0. The van der Waals surface area contributed by atoms with E-state index in [2.05, 4.69) is 15.6 Å². The molecule has 0 bridgehead atoms. The first-order valence-electron chi connectivity index (χ1n) is 9.71. The molecule has 0 spiro atoms. The van der Waals surface area contributed by atoms with E-state index >= 15 is 0 Å². The largest absolute Gasteiger partial charge is 0.354 e. The molecule has 4 nitrogen and oxygen atoms in total. The smallest absolute Gasteiger partial charge is 0.256 e. The lowest BCUT2D eigenvalue weighted by Crippen LogP contribution is -2.06. The fraction of sp³-hybridized carbons (Fsp3) is 0. The van der Waals surface area contributed by atoms with E-state index in [0.717, 1.165) is 39.0 Å². The third kappa shape index (κ3) is 3.83. The first-order valence-corrected chi connectivity index (χ1v) is 10.5. The molecule has 6 heteroatoms. The van der Waals surface area contributed by atoms with E-state index in [1.165, 1.54) is 0 Å². The number of anilines is 4.